The Morgan fingerprint density at radius 1 is 1.33 bits per heavy atom. The second kappa shape index (κ2) is 13.6. The van der Waals surface area contributed by atoms with Crippen LogP contribution in [0.4, 0.5) is 0 Å². The molecule has 0 bridgehead atoms. The Bertz CT molecular complexity index is 349. The Balaban J connectivity index is 0.000000377. The first kappa shape index (κ1) is 19.6. The van der Waals surface area contributed by atoms with Gasteiger partial charge < -0.3 is 15.7 Å². The van der Waals surface area contributed by atoms with E-state index < -0.39 is 0 Å². The van der Waals surface area contributed by atoms with E-state index in [4.69, 9.17) is 5.11 Å². The maximum Gasteiger partial charge on any atom is 0.219 e. The number of aliphatic hydroxyl groups excluding tert-OH is 1. The Morgan fingerprint density at radius 3 is 2.43 bits per heavy atom. The molecule has 1 amide bonds. The monoisotopic (exact) mass is 294 g/mol. The maximum atomic E-state index is 10.9. The lowest BCUT2D eigenvalue weighted by Gasteiger charge is -2.16. The minimum Gasteiger partial charge on any atom is -0.392 e. The minimum atomic E-state index is -0.0752. The van der Waals surface area contributed by atoms with Crippen LogP contribution in [0.25, 0.3) is 0 Å². The SMILES string of the molecule is CC.CCC(=O)NCc1ccccc1.O[C@@H]1CCCNC1. The molecule has 1 aromatic carbocycles. The number of hydrogen-bond acceptors (Lipinski definition) is 3. The molecule has 3 N–H and O–H groups in total. The number of rotatable bonds is 3. The highest BCUT2D eigenvalue weighted by molar-refractivity contribution is 5.75. The van der Waals surface area contributed by atoms with Crippen LogP contribution in [-0.2, 0) is 11.3 Å². The van der Waals surface area contributed by atoms with Gasteiger partial charge in [0, 0.05) is 19.5 Å². The summed E-state index contributed by atoms with van der Waals surface area (Å²) in [7, 11) is 0. The number of β-amino-alcohol motifs (C(OH)–C–C–N with tert-alkyl or cyclic N) is 1. The van der Waals surface area contributed by atoms with Gasteiger partial charge in [-0.1, -0.05) is 51.1 Å². The van der Waals surface area contributed by atoms with E-state index in [2.05, 4.69) is 10.6 Å². The van der Waals surface area contributed by atoms with Gasteiger partial charge in [-0.2, -0.15) is 0 Å². The molecule has 1 aliphatic rings. The van der Waals surface area contributed by atoms with E-state index in [9.17, 15) is 4.79 Å². The van der Waals surface area contributed by atoms with Crippen LogP contribution in [0, 0.1) is 0 Å². The smallest absolute Gasteiger partial charge is 0.219 e. The number of piperidine rings is 1. The highest BCUT2D eigenvalue weighted by atomic mass is 16.3. The number of carbonyl (C=O) groups excluding carboxylic acids is 1. The summed E-state index contributed by atoms with van der Waals surface area (Å²) < 4.78 is 0. The molecule has 1 saturated heterocycles. The van der Waals surface area contributed by atoms with Crippen LogP contribution in [0.3, 0.4) is 0 Å². The van der Waals surface area contributed by atoms with E-state index in [0.717, 1.165) is 31.5 Å². The molecule has 0 spiro atoms. The third kappa shape index (κ3) is 11.0. The highest BCUT2D eigenvalue weighted by Gasteiger charge is 2.06. The van der Waals surface area contributed by atoms with Gasteiger partial charge in [-0.05, 0) is 24.9 Å². The molecular weight excluding hydrogens is 264 g/mol. The summed E-state index contributed by atoms with van der Waals surface area (Å²) in [6, 6.07) is 9.89. The second-order valence-corrected chi connectivity index (χ2v) is 4.62. The molecule has 0 saturated carbocycles. The van der Waals surface area contributed by atoms with E-state index in [1.54, 1.807) is 0 Å². The predicted octanol–water partition coefficient (Wildman–Crippen LogP) is 2.47. The summed E-state index contributed by atoms with van der Waals surface area (Å²) in [6.45, 7) is 8.35. The first-order valence-corrected chi connectivity index (χ1v) is 7.91. The van der Waals surface area contributed by atoms with Crippen molar-refractivity contribution >= 4 is 5.91 Å². The first-order valence-electron chi connectivity index (χ1n) is 7.91. The quantitative estimate of drug-likeness (QED) is 0.802. The van der Waals surface area contributed by atoms with Gasteiger partial charge in [-0.25, -0.2) is 0 Å². The van der Waals surface area contributed by atoms with Gasteiger partial charge in [-0.3, -0.25) is 4.79 Å². The van der Waals surface area contributed by atoms with Crippen LogP contribution in [-0.4, -0.2) is 30.2 Å². The third-order valence-corrected chi connectivity index (χ3v) is 2.92. The van der Waals surface area contributed by atoms with Crippen molar-refractivity contribution in [2.75, 3.05) is 13.1 Å². The van der Waals surface area contributed by atoms with Crippen molar-refractivity contribution in [2.24, 2.45) is 0 Å². The number of nitrogens with one attached hydrogen (secondary N) is 2. The van der Waals surface area contributed by atoms with E-state index in [1.807, 2.05) is 51.1 Å². The van der Waals surface area contributed by atoms with Crippen LogP contribution in [0.1, 0.15) is 45.6 Å². The summed E-state index contributed by atoms with van der Waals surface area (Å²) in [5.41, 5.74) is 1.14. The fourth-order valence-electron chi connectivity index (χ4n) is 1.75. The molecule has 0 radical (unpaired) electrons. The summed E-state index contributed by atoms with van der Waals surface area (Å²) in [5, 5.41) is 14.7. The van der Waals surface area contributed by atoms with Crippen LogP contribution < -0.4 is 10.6 Å². The molecule has 120 valence electrons. The normalized spacial score (nSPS) is 16.7. The molecule has 1 fully saturated rings. The van der Waals surface area contributed by atoms with Gasteiger partial charge >= 0.3 is 0 Å². The summed E-state index contributed by atoms with van der Waals surface area (Å²) in [4.78, 5) is 10.9. The zero-order valence-electron chi connectivity index (χ0n) is 13.6. The molecule has 4 nitrogen and oxygen atoms in total. The van der Waals surface area contributed by atoms with Crippen LogP contribution >= 0.6 is 0 Å². The van der Waals surface area contributed by atoms with Crippen molar-refractivity contribution in [3.05, 3.63) is 35.9 Å². The van der Waals surface area contributed by atoms with Gasteiger partial charge in [0.15, 0.2) is 0 Å². The van der Waals surface area contributed by atoms with Crippen LogP contribution in [0.2, 0.25) is 0 Å². The molecular formula is C17H30N2O2. The average Bonchev–Trinajstić information content (AvgIpc) is 2.57. The highest BCUT2D eigenvalue weighted by Crippen LogP contribution is 1.98. The second-order valence-electron chi connectivity index (χ2n) is 4.62. The van der Waals surface area contributed by atoms with Crippen molar-refractivity contribution in [1.82, 2.24) is 10.6 Å². The predicted molar refractivity (Wildman–Crippen MR) is 88.0 cm³/mol. The molecule has 1 aliphatic heterocycles. The Hall–Kier alpha value is -1.39. The topological polar surface area (TPSA) is 61.4 Å². The Labute approximate surface area is 129 Å². The number of hydrogen-bond donors (Lipinski definition) is 3. The third-order valence-electron chi connectivity index (χ3n) is 2.92. The van der Waals surface area contributed by atoms with Crippen molar-refractivity contribution in [3.63, 3.8) is 0 Å². The molecule has 1 atom stereocenters. The number of aliphatic hydroxyl groups is 1. The van der Waals surface area contributed by atoms with Crippen molar-refractivity contribution in [3.8, 4) is 0 Å². The molecule has 4 heteroatoms. The van der Waals surface area contributed by atoms with Gasteiger partial charge in [0.25, 0.3) is 0 Å². The molecule has 0 aromatic heterocycles. The lowest BCUT2D eigenvalue weighted by atomic mass is 10.1. The van der Waals surface area contributed by atoms with Crippen LogP contribution in [0.5, 0.6) is 0 Å². The van der Waals surface area contributed by atoms with Crippen molar-refractivity contribution < 1.29 is 9.90 Å². The fourth-order valence-corrected chi connectivity index (χ4v) is 1.75. The first-order chi connectivity index (χ1) is 10.2. The fraction of sp³-hybridized carbons (Fsp3) is 0.588. The zero-order chi connectivity index (χ0) is 15.9. The lowest BCUT2D eigenvalue weighted by molar-refractivity contribution is -0.120. The van der Waals surface area contributed by atoms with Crippen LogP contribution in [0.15, 0.2) is 30.3 Å². The Kier molecular flexibility index (Phi) is 12.7. The summed E-state index contributed by atoms with van der Waals surface area (Å²) in [5.74, 6) is 0.0962. The van der Waals surface area contributed by atoms with Crippen molar-refractivity contribution in [1.29, 1.82) is 0 Å². The number of amides is 1. The van der Waals surface area contributed by atoms with Gasteiger partial charge in [-0.15, -0.1) is 0 Å². The number of benzene rings is 1. The van der Waals surface area contributed by atoms with Gasteiger partial charge in [0.1, 0.15) is 0 Å². The molecule has 2 rings (SSSR count). The van der Waals surface area contributed by atoms with E-state index in [-0.39, 0.29) is 12.0 Å². The van der Waals surface area contributed by atoms with Gasteiger partial charge in [0.2, 0.25) is 5.91 Å². The number of carbonyl (C=O) groups is 1. The standard InChI is InChI=1S/C10H13NO.C5H11NO.C2H6/c1-2-10(12)11-8-9-6-4-3-5-7-9;7-5-2-1-3-6-4-5;1-2/h3-7H,2,8H2,1H3,(H,11,12);5-7H,1-4H2;1-2H3/t;5-;/m.1./s1. The molecule has 21 heavy (non-hydrogen) atoms. The molecule has 1 aromatic rings. The summed E-state index contributed by atoms with van der Waals surface area (Å²) >= 11 is 0. The minimum absolute atomic E-state index is 0.0752. The Morgan fingerprint density at radius 2 is 2.00 bits per heavy atom. The average molecular weight is 294 g/mol. The van der Waals surface area contributed by atoms with Gasteiger partial charge in [0.05, 0.1) is 6.10 Å². The molecule has 0 aliphatic carbocycles. The lowest BCUT2D eigenvalue weighted by Crippen LogP contribution is -2.33. The molecule has 0 unspecified atom stereocenters. The maximum absolute atomic E-state index is 10.9. The van der Waals surface area contributed by atoms with E-state index in [1.165, 1.54) is 0 Å². The largest absolute Gasteiger partial charge is 0.392 e. The van der Waals surface area contributed by atoms with E-state index >= 15 is 0 Å². The van der Waals surface area contributed by atoms with E-state index in [0.29, 0.717) is 13.0 Å². The zero-order valence-corrected chi connectivity index (χ0v) is 13.6. The molecule has 1 heterocycles. The van der Waals surface area contributed by atoms with Crippen molar-refractivity contribution in [2.45, 2.75) is 52.7 Å². The summed E-state index contributed by atoms with van der Waals surface area (Å²) in [6.07, 6.45) is 2.58.